The van der Waals surface area contributed by atoms with Gasteiger partial charge in [-0.15, -0.1) is 0 Å². The molecule has 0 fully saturated rings. The molecule has 1 atom stereocenters. The number of alkyl halides is 3. The zero-order valence-corrected chi connectivity index (χ0v) is 6.19. The third kappa shape index (κ3) is 1.79. The largest absolute Gasteiger partial charge is 0.464 e. The molecule has 0 spiro atoms. The molecule has 0 amide bonds. The second kappa shape index (κ2) is 3.46. The molecule has 1 aromatic rings. The fraction of sp³-hybridized carbons (Fsp3) is 0.333. The monoisotopic (exact) mass is 194 g/mol. The second-order valence-electron chi connectivity index (χ2n) is 2.17. The number of hydrogen-bond donors (Lipinski definition) is 1. The summed E-state index contributed by atoms with van der Waals surface area (Å²) in [4.78, 5) is 13.5. The van der Waals surface area contributed by atoms with Crippen LogP contribution in [0, 0.1) is 0 Å². The van der Waals surface area contributed by atoms with E-state index < -0.39 is 24.5 Å². The standard InChI is InChI=1S/C6H5F3N2O2/c7-3(4(8)9)5-10-1-2-11(5)6(12)13/h1-4H,(H,12,13). The SMILES string of the molecule is O=C(O)n1ccnc1C(F)C(F)F. The van der Waals surface area contributed by atoms with Crippen LogP contribution in [-0.2, 0) is 0 Å². The molecule has 0 aliphatic heterocycles. The van der Waals surface area contributed by atoms with E-state index in [1.165, 1.54) is 0 Å². The van der Waals surface area contributed by atoms with Crippen molar-refractivity contribution in [2.75, 3.05) is 0 Å². The van der Waals surface area contributed by atoms with Crippen LogP contribution in [0.1, 0.15) is 12.0 Å². The van der Waals surface area contributed by atoms with E-state index in [2.05, 4.69) is 4.98 Å². The van der Waals surface area contributed by atoms with Gasteiger partial charge >= 0.3 is 6.09 Å². The maximum atomic E-state index is 12.6. The van der Waals surface area contributed by atoms with Crippen molar-refractivity contribution in [1.29, 1.82) is 0 Å². The molecule has 0 aliphatic rings. The van der Waals surface area contributed by atoms with E-state index in [1.54, 1.807) is 0 Å². The number of aromatic nitrogens is 2. The molecule has 0 bridgehead atoms. The average Bonchev–Trinajstić information content (AvgIpc) is 2.50. The van der Waals surface area contributed by atoms with Crippen molar-refractivity contribution in [2.24, 2.45) is 0 Å². The fourth-order valence-electron chi connectivity index (χ4n) is 0.793. The lowest BCUT2D eigenvalue weighted by Gasteiger charge is -2.06. The van der Waals surface area contributed by atoms with Crippen molar-refractivity contribution in [2.45, 2.75) is 12.6 Å². The highest BCUT2D eigenvalue weighted by molar-refractivity contribution is 5.68. The van der Waals surface area contributed by atoms with Crippen LogP contribution < -0.4 is 0 Å². The Morgan fingerprint density at radius 3 is 2.62 bits per heavy atom. The molecule has 7 heteroatoms. The lowest BCUT2D eigenvalue weighted by Crippen LogP contribution is -2.16. The van der Waals surface area contributed by atoms with E-state index >= 15 is 0 Å². The van der Waals surface area contributed by atoms with Crippen LogP contribution in [-0.4, -0.2) is 27.2 Å². The van der Waals surface area contributed by atoms with Gasteiger partial charge in [0, 0.05) is 12.4 Å². The summed E-state index contributed by atoms with van der Waals surface area (Å²) in [6.07, 6.45) is -5.66. The molecule has 13 heavy (non-hydrogen) atoms. The lowest BCUT2D eigenvalue weighted by molar-refractivity contribution is 0.0433. The number of imidazole rings is 1. The van der Waals surface area contributed by atoms with Gasteiger partial charge in [-0.3, -0.25) is 0 Å². The molecule has 0 saturated heterocycles. The smallest absolute Gasteiger partial charge is 0.417 e. The molecule has 0 saturated carbocycles. The van der Waals surface area contributed by atoms with Crippen LogP contribution in [0.15, 0.2) is 12.4 Å². The van der Waals surface area contributed by atoms with Crippen LogP contribution in [0.25, 0.3) is 0 Å². The number of halogens is 3. The summed E-state index contributed by atoms with van der Waals surface area (Å²) in [5.41, 5.74) is 0. The van der Waals surface area contributed by atoms with E-state index in [0.29, 0.717) is 4.57 Å². The summed E-state index contributed by atoms with van der Waals surface area (Å²) in [7, 11) is 0. The van der Waals surface area contributed by atoms with Crippen LogP contribution in [0.5, 0.6) is 0 Å². The quantitative estimate of drug-likeness (QED) is 0.779. The van der Waals surface area contributed by atoms with Crippen LogP contribution in [0.4, 0.5) is 18.0 Å². The number of rotatable bonds is 2. The highest BCUT2D eigenvalue weighted by Gasteiger charge is 2.27. The van der Waals surface area contributed by atoms with Crippen molar-refractivity contribution in [1.82, 2.24) is 9.55 Å². The zero-order chi connectivity index (χ0) is 10.0. The van der Waals surface area contributed by atoms with E-state index in [9.17, 15) is 18.0 Å². The lowest BCUT2D eigenvalue weighted by atomic mass is 10.4. The van der Waals surface area contributed by atoms with Crippen molar-refractivity contribution in [3.05, 3.63) is 18.2 Å². The first-order chi connectivity index (χ1) is 6.04. The number of hydrogen-bond acceptors (Lipinski definition) is 2. The fourth-order valence-corrected chi connectivity index (χ4v) is 0.793. The summed E-state index contributed by atoms with van der Waals surface area (Å²) >= 11 is 0. The van der Waals surface area contributed by atoms with Crippen molar-refractivity contribution < 1.29 is 23.1 Å². The van der Waals surface area contributed by atoms with Crippen LogP contribution >= 0.6 is 0 Å². The molecule has 4 nitrogen and oxygen atoms in total. The Hall–Kier alpha value is -1.53. The van der Waals surface area contributed by atoms with Crippen LogP contribution in [0.2, 0.25) is 0 Å². The number of carboxylic acid groups (broad SMARTS) is 1. The third-order valence-electron chi connectivity index (χ3n) is 1.34. The molecule has 0 radical (unpaired) electrons. The van der Waals surface area contributed by atoms with Gasteiger partial charge in [-0.25, -0.2) is 27.5 Å². The summed E-state index contributed by atoms with van der Waals surface area (Å²) < 4.78 is 36.6. The van der Waals surface area contributed by atoms with E-state index in [-0.39, 0.29) is 0 Å². The minimum Gasteiger partial charge on any atom is -0.464 e. The highest BCUT2D eigenvalue weighted by atomic mass is 19.3. The Bertz CT molecular complexity index is 313. The van der Waals surface area contributed by atoms with E-state index in [1.807, 2.05) is 0 Å². The predicted molar refractivity (Wildman–Crippen MR) is 35.5 cm³/mol. The van der Waals surface area contributed by atoms with Crippen LogP contribution in [0.3, 0.4) is 0 Å². The molecular weight excluding hydrogens is 189 g/mol. The molecule has 1 rings (SSSR count). The maximum Gasteiger partial charge on any atom is 0.417 e. The predicted octanol–water partition coefficient (Wildman–Crippen LogP) is 1.68. The summed E-state index contributed by atoms with van der Waals surface area (Å²) in [6.45, 7) is 0. The molecule has 1 unspecified atom stereocenters. The zero-order valence-electron chi connectivity index (χ0n) is 6.19. The van der Waals surface area contributed by atoms with Crippen molar-refractivity contribution >= 4 is 6.09 Å². The molecular formula is C6H5F3N2O2. The topological polar surface area (TPSA) is 55.1 Å². The molecule has 0 aromatic carbocycles. The Morgan fingerprint density at radius 2 is 2.15 bits per heavy atom. The van der Waals surface area contributed by atoms with Crippen molar-refractivity contribution in [3.63, 3.8) is 0 Å². The van der Waals surface area contributed by atoms with E-state index in [0.717, 1.165) is 12.4 Å². The van der Waals surface area contributed by atoms with Gasteiger partial charge in [0.15, 0.2) is 5.82 Å². The normalized spacial score (nSPS) is 13.2. The molecule has 72 valence electrons. The minimum absolute atomic E-state index is 0.316. The molecule has 1 aromatic heterocycles. The molecule has 1 heterocycles. The number of carbonyl (C=O) groups is 1. The summed E-state index contributed by atoms with van der Waals surface area (Å²) in [6, 6.07) is 0. The maximum absolute atomic E-state index is 12.6. The summed E-state index contributed by atoms with van der Waals surface area (Å²) in [5.74, 6) is -0.803. The Balaban J connectivity index is 3.00. The first kappa shape index (κ1) is 9.56. The first-order valence-corrected chi connectivity index (χ1v) is 3.22. The first-order valence-electron chi connectivity index (χ1n) is 3.22. The Morgan fingerprint density at radius 1 is 1.54 bits per heavy atom. The van der Waals surface area contributed by atoms with Gasteiger partial charge in [0.2, 0.25) is 6.17 Å². The van der Waals surface area contributed by atoms with Crippen molar-refractivity contribution in [3.8, 4) is 0 Å². The third-order valence-corrected chi connectivity index (χ3v) is 1.34. The van der Waals surface area contributed by atoms with Gasteiger partial charge in [-0.2, -0.15) is 0 Å². The van der Waals surface area contributed by atoms with Gasteiger partial charge in [-0.05, 0) is 0 Å². The summed E-state index contributed by atoms with van der Waals surface area (Å²) in [5, 5.41) is 8.40. The minimum atomic E-state index is -3.28. The van der Waals surface area contributed by atoms with Gasteiger partial charge in [0.05, 0.1) is 0 Å². The molecule has 1 N–H and O–H groups in total. The Kier molecular flexibility index (Phi) is 2.54. The average molecular weight is 194 g/mol. The highest BCUT2D eigenvalue weighted by Crippen LogP contribution is 2.22. The number of nitrogens with zero attached hydrogens (tertiary/aromatic N) is 2. The van der Waals surface area contributed by atoms with Gasteiger partial charge in [0.1, 0.15) is 0 Å². The van der Waals surface area contributed by atoms with Gasteiger partial charge in [-0.1, -0.05) is 0 Å². The second-order valence-corrected chi connectivity index (χ2v) is 2.17. The van der Waals surface area contributed by atoms with Gasteiger partial charge in [0.25, 0.3) is 6.43 Å². The molecule has 0 aliphatic carbocycles. The van der Waals surface area contributed by atoms with Gasteiger partial charge < -0.3 is 5.11 Å². The Labute approximate surface area is 70.6 Å². The van der Waals surface area contributed by atoms with E-state index in [4.69, 9.17) is 5.11 Å².